The molecule has 12 heteroatoms. The van der Waals surface area contributed by atoms with E-state index in [1.807, 2.05) is 6.07 Å². The summed E-state index contributed by atoms with van der Waals surface area (Å²) in [4.78, 5) is 47.6. The van der Waals surface area contributed by atoms with Crippen LogP contribution in [-0.2, 0) is 33.3 Å². The predicted molar refractivity (Wildman–Crippen MR) is 155 cm³/mol. The molecule has 232 valence electrons. The highest BCUT2D eigenvalue weighted by Crippen LogP contribution is 2.16. The monoisotopic (exact) mass is 599 g/mol. The van der Waals surface area contributed by atoms with Crippen molar-refractivity contribution in [3.05, 3.63) is 84.5 Å². The van der Waals surface area contributed by atoms with Gasteiger partial charge < -0.3 is 38.5 Å². The Morgan fingerprint density at radius 3 is 1.95 bits per heavy atom. The van der Waals surface area contributed by atoms with E-state index in [4.69, 9.17) is 33.2 Å². The SMILES string of the molecule is C=C(C)C(=O)OCCNC(=O)OC(COc1ccccc1)COc1cccc(C(=O)OCCOCCOC(=O)C(=C)C)c1. The van der Waals surface area contributed by atoms with E-state index in [2.05, 4.69) is 18.5 Å². The highest BCUT2D eigenvalue weighted by molar-refractivity contribution is 5.90. The molecule has 1 unspecified atom stereocenters. The molecule has 1 amide bonds. The second-order valence-electron chi connectivity index (χ2n) is 9.00. The first-order chi connectivity index (χ1) is 20.7. The zero-order valence-electron chi connectivity index (χ0n) is 24.3. The lowest BCUT2D eigenvalue weighted by molar-refractivity contribution is -0.140. The maximum Gasteiger partial charge on any atom is 0.407 e. The number of hydrogen-bond donors (Lipinski definition) is 1. The minimum atomic E-state index is -0.833. The number of ether oxygens (including phenoxy) is 7. The molecule has 0 heterocycles. The summed E-state index contributed by atoms with van der Waals surface area (Å²) in [5.41, 5.74) is 0.790. The summed E-state index contributed by atoms with van der Waals surface area (Å²) in [5.74, 6) is -0.735. The zero-order chi connectivity index (χ0) is 31.5. The third-order valence-corrected chi connectivity index (χ3v) is 5.18. The van der Waals surface area contributed by atoms with E-state index >= 15 is 0 Å². The van der Waals surface area contributed by atoms with E-state index in [0.717, 1.165) is 0 Å². The van der Waals surface area contributed by atoms with Crippen molar-refractivity contribution in [3.63, 3.8) is 0 Å². The Morgan fingerprint density at radius 2 is 1.30 bits per heavy atom. The Hall–Kier alpha value is -4.84. The first-order valence-corrected chi connectivity index (χ1v) is 13.4. The molecular formula is C31H37NO11. The zero-order valence-corrected chi connectivity index (χ0v) is 24.3. The van der Waals surface area contributed by atoms with Gasteiger partial charge in [-0.3, -0.25) is 0 Å². The molecule has 0 saturated carbocycles. The van der Waals surface area contributed by atoms with Crippen molar-refractivity contribution in [3.8, 4) is 11.5 Å². The normalized spacial score (nSPS) is 10.9. The largest absolute Gasteiger partial charge is 0.490 e. The number of carbonyl (C=O) groups excluding carboxylic acids is 4. The molecule has 1 N–H and O–H groups in total. The topological polar surface area (TPSA) is 145 Å². The molecule has 0 aliphatic heterocycles. The quantitative estimate of drug-likeness (QED) is 0.109. The first-order valence-electron chi connectivity index (χ1n) is 13.4. The minimum absolute atomic E-state index is 0.00734. The van der Waals surface area contributed by atoms with Gasteiger partial charge in [-0.15, -0.1) is 0 Å². The van der Waals surface area contributed by atoms with Crippen LogP contribution in [0.3, 0.4) is 0 Å². The molecule has 12 nitrogen and oxygen atoms in total. The number of rotatable bonds is 19. The van der Waals surface area contributed by atoms with E-state index in [1.54, 1.807) is 49.4 Å². The lowest BCUT2D eigenvalue weighted by atomic mass is 10.2. The maximum atomic E-state index is 12.5. The fourth-order valence-electron chi connectivity index (χ4n) is 3.03. The van der Waals surface area contributed by atoms with Crippen molar-refractivity contribution in [1.29, 1.82) is 0 Å². The van der Waals surface area contributed by atoms with Gasteiger partial charge in [0.1, 0.15) is 44.5 Å². The van der Waals surface area contributed by atoms with Crippen molar-refractivity contribution in [1.82, 2.24) is 5.32 Å². The Balaban J connectivity index is 1.83. The molecule has 1 atom stereocenters. The molecule has 0 saturated heterocycles. The molecule has 2 rings (SSSR count). The Morgan fingerprint density at radius 1 is 0.721 bits per heavy atom. The van der Waals surface area contributed by atoms with Gasteiger partial charge in [0.2, 0.25) is 0 Å². The van der Waals surface area contributed by atoms with Crippen LogP contribution in [0.4, 0.5) is 4.79 Å². The Bertz CT molecular complexity index is 1230. The highest BCUT2D eigenvalue weighted by Gasteiger charge is 2.18. The average molecular weight is 600 g/mol. The lowest BCUT2D eigenvalue weighted by Crippen LogP contribution is -2.37. The summed E-state index contributed by atoms with van der Waals surface area (Å²) in [6.45, 7) is 10.2. The lowest BCUT2D eigenvalue weighted by Gasteiger charge is -2.19. The summed E-state index contributed by atoms with van der Waals surface area (Å²) in [6, 6.07) is 15.3. The number of esters is 3. The number of carbonyl (C=O) groups is 4. The van der Waals surface area contributed by atoms with Crippen molar-refractivity contribution in [2.45, 2.75) is 20.0 Å². The van der Waals surface area contributed by atoms with Crippen LogP contribution in [0.15, 0.2) is 78.9 Å². The second-order valence-corrected chi connectivity index (χ2v) is 9.00. The van der Waals surface area contributed by atoms with Crippen molar-refractivity contribution in [2.24, 2.45) is 0 Å². The predicted octanol–water partition coefficient (Wildman–Crippen LogP) is 3.65. The molecule has 0 aliphatic carbocycles. The van der Waals surface area contributed by atoms with Crippen molar-refractivity contribution >= 4 is 24.0 Å². The Labute approximate surface area is 250 Å². The van der Waals surface area contributed by atoms with Crippen LogP contribution < -0.4 is 14.8 Å². The summed E-state index contributed by atoms with van der Waals surface area (Å²) < 4.78 is 37.3. The van der Waals surface area contributed by atoms with Crippen LogP contribution in [0.2, 0.25) is 0 Å². The molecule has 0 aliphatic rings. The number of alkyl carbamates (subject to hydrolysis) is 1. The van der Waals surface area contributed by atoms with E-state index < -0.39 is 30.1 Å². The van der Waals surface area contributed by atoms with Gasteiger partial charge in [0, 0.05) is 11.1 Å². The van der Waals surface area contributed by atoms with Crippen molar-refractivity contribution < 1.29 is 52.3 Å². The molecule has 43 heavy (non-hydrogen) atoms. The summed E-state index contributed by atoms with van der Waals surface area (Å²) in [6.07, 6.45) is -1.59. The van der Waals surface area contributed by atoms with E-state index in [0.29, 0.717) is 17.1 Å². The summed E-state index contributed by atoms with van der Waals surface area (Å²) >= 11 is 0. The van der Waals surface area contributed by atoms with Crippen LogP contribution in [-0.4, -0.2) is 82.9 Å². The molecule has 0 spiro atoms. The van der Waals surface area contributed by atoms with E-state index in [9.17, 15) is 19.2 Å². The van der Waals surface area contributed by atoms with Gasteiger partial charge in [-0.1, -0.05) is 37.4 Å². The molecule has 0 radical (unpaired) electrons. The number of benzene rings is 2. The van der Waals surface area contributed by atoms with Gasteiger partial charge in [-0.25, -0.2) is 19.2 Å². The number of hydrogen-bond acceptors (Lipinski definition) is 11. The molecule has 0 bridgehead atoms. The second kappa shape index (κ2) is 19.3. The highest BCUT2D eigenvalue weighted by atomic mass is 16.6. The van der Waals surface area contributed by atoms with Gasteiger partial charge in [-0.2, -0.15) is 0 Å². The van der Waals surface area contributed by atoms with Gasteiger partial charge >= 0.3 is 24.0 Å². The average Bonchev–Trinajstić information content (AvgIpc) is 3.00. The van der Waals surface area contributed by atoms with Crippen molar-refractivity contribution in [2.75, 3.05) is 52.8 Å². The molecule has 2 aromatic carbocycles. The summed E-state index contributed by atoms with van der Waals surface area (Å²) in [5, 5.41) is 2.50. The number of nitrogens with one attached hydrogen (secondary N) is 1. The molecular weight excluding hydrogens is 562 g/mol. The molecule has 0 fully saturated rings. The third kappa shape index (κ3) is 14.6. The fraction of sp³-hybridized carbons (Fsp3) is 0.355. The summed E-state index contributed by atoms with van der Waals surface area (Å²) in [7, 11) is 0. The first kappa shape index (κ1) is 34.4. The Kier molecular flexibility index (Phi) is 15.4. The molecule has 0 aromatic heterocycles. The van der Waals surface area contributed by atoms with Crippen LogP contribution >= 0.6 is 0 Å². The molecule has 2 aromatic rings. The van der Waals surface area contributed by atoms with Gasteiger partial charge in [0.05, 0.1) is 25.3 Å². The van der Waals surface area contributed by atoms with Crippen LogP contribution in [0, 0.1) is 0 Å². The third-order valence-electron chi connectivity index (χ3n) is 5.18. The van der Waals surface area contributed by atoms with Crippen LogP contribution in [0.1, 0.15) is 24.2 Å². The maximum absolute atomic E-state index is 12.5. The van der Waals surface area contributed by atoms with Crippen LogP contribution in [0.25, 0.3) is 0 Å². The minimum Gasteiger partial charge on any atom is -0.490 e. The fourth-order valence-corrected chi connectivity index (χ4v) is 3.03. The van der Waals surface area contributed by atoms with Gasteiger partial charge in [0.15, 0.2) is 6.10 Å². The van der Waals surface area contributed by atoms with E-state index in [-0.39, 0.29) is 63.9 Å². The standard InChI is InChI=1S/C31H37NO11/c1-22(2)28(33)38-14-13-32-31(36)43-27(20-41-25-10-6-5-7-11-25)21-42-26-12-8-9-24(19-26)30(35)40-18-16-37-15-17-39-29(34)23(3)4/h5-12,19,27H,1,3,13-18,20-21H2,2,4H3,(H,32,36). The van der Waals surface area contributed by atoms with Gasteiger partial charge in [-0.05, 0) is 44.2 Å². The number of para-hydroxylation sites is 1. The van der Waals surface area contributed by atoms with Crippen LogP contribution in [0.5, 0.6) is 11.5 Å². The number of amides is 1. The smallest absolute Gasteiger partial charge is 0.407 e. The van der Waals surface area contributed by atoms with Gasteiger partial charge in [0.25, 0.3) is 0 Å². The van der Waals surface area contributed by atoms with E-state index in [1.165, 1.54) is 13.0 Å².